The Kier molecular flexibility index (Phi) is 4.10. The molecule has 0 unspecified atom stereocenters. The molecule has 2 nitrogen and oxygen atoms in total. The van der Waals surface area contributed by atoms with Gasteiger partial charge < -0.3 is 10.1 Å². The molecule has 94 valence electrons. The fourth-order valence-corrected chi connectivity index (χ4v) is 2.82. The first-order chi connectivity index (χ1) is 8.19. The van der Waals surface area contributed by atoms with Gasteiger partial charge in [-0.2, -0.15) is 0 Å². The molecule has 0 radical (unpaired) electrons. The second-order valence-corrected chi connectivity index (χ2v) is 5.78. The van der Waals surface area contributed by atoms with Gasteiger partial charge in [-0.3, -0.25) is 0 Å². The Morgan fingerprint density at radius 2 is 2.18 bits per heavy atom. The van der Waals surface area contributed by atoms with Crippen molar-refractivity contribution >= 4 is 15.9 Å². The zero-order chi connectivity index (χ0) is 12.3. The Hall–Kier alpha value is -0.540. The van der Waals surface area contributed by atoms with Crippen molar-refractivity contribution < 1.29 is 4.74 Å². The summed E-state index contributed by atoms with van der Waals surface area (Å²) in [5.74, 6) is 0.908. The van der Waals surface area contributed by atoms with Crippen LogP contribution in [0.15, 0.2) is 22.7 Å². The Morgan fingerprint density at radius 1 is 1.41 bits per heavy atom. The normalized spacial score (nSPS) is 16.9. The summed E-state index contributed by atoms with van der Waals surface area (Å²) in [6.07, 6.45) is 3.87. The van der Waals surface area contributed by atoms with Crippen LogP contribution in [0, 0.1) is 5.41 Å². The smallest absolute Gasteiger partial charge is 0.133 e. The van der Waals surface area contributed by atoms with Gasteiger partial charge in [0.15, 0.2) is 0 Å². The summed E-state index contributed by atoms with van der Waals surface area (Å²) >= 11 is 3.55. The van der Waals surface area contributed by atoms with E-state index in [0.717, 1.165) is 23.3 Å². The summed E-state index contributed by atoms with van der Waals surface area (Å²) < 4.78 is 6.30. The van der Waals surface area contributed by atoms with Gasteiger partial charge in [0.25, 0.3) is 0 Å². The molecule has 0 heterocycles. The third-order valence-corrected chi connectivity index (χ3v) is 4.12. The highest BCUT2D eigenvalue weighted by molar-refractivity contribution is 9.10. The SMILES string of the molecule is CCNCC1(Cc2ccc(OC)c(Br)c2)CC1. The summed E-state index contributed by atoms with van der Waals surface area (Å²) in [6.45, 7) is 4.38. The molecule has 0 bridgehead atoms. The predicted octanol–water partition coefficient (Wildman–Crippen LogP) is 3.39. The first-order valence-electron chi connectivity index (χ1n) is 6.22. The van der Waals surface area contributed by atoms with E-state index >= 15 is 0 Å². The van der Waals surface area contributed by atoms with Gasteiger partial charge in [0.1, 0.15) is 5.75 Å². The molecular weight excluding hydrogens is 278 g/mol. The first kappa shape index (κ1) is 12.9. The number of methoxy groups -OCH3 is 1. The average Bonchev–Trinajstić information content (AvgIpc) is 3.07. The van der Waals surface area contributed by atoms with Gasteiger partial charge in [-0.15, -0.1) is 0 Å². The highest BCUT2D eigenvalue weighted by Gasteiger charge is 2.41. The summed E-state index contributed by atoms with van der Waals surface area (Å²) in [7, 11) is 1.70. The lowest BCUT2D eigenvalue weighted by Gasteiger charge is -2.16. The molecule has 3 heteroatoms. The van der Waals surface area contributed by atoms with Crippen molar-refractivity contribution in [2.75, 3.05) is 20.2 Å². The molecule has 0 spiro atoms. The maximum Gasteiger partial charge on any atom is 0.133 e. The van der Waals surface area contributed by atoms with Crippen molar-refractivity contribution in [3.8, 4) is 5.75 Å². The number of nitrogens with one attached hydrogen (secondary N) is 1. The molecule has 0 amide bonds. The Balaban J connectivity index is 2.01. The molecule has 17 heavy (non-hydrogen) atoms. The molecular formula is C14H20BrNO. The van der Waals surface area contributed by atoms with E-state index < -0.39 is 0 Å². The monoisotopic (exact) mass is 297 g/mol. The van der Waals surface area contributed by atoms with Gasteiger partial charge in [-0.25, -0.2) is 0 Å². The summed E-state index contributed by atoms with van der Waals surface area (Å²) in [4.78, 5) is 0. The lowest BCUT2D eigenvalue weighted by Crippen LogP contribution is -2.25. The van der Waals surface area contributed by atoms with E-state index in [-0.39, 0.29) is 0 Å². The number of ether oxygens (including phenoxy) is 1. The van der Waals surface area contributed by atoms with E-state index in [0.29, 0.717) is 5.41 Å². The molecule has 0 saturated heterocycles. The van der Waals surface area contributed by atoms with E-state index in [4.69, 9.17) is 4.74 Å². The van der Waals surface area contributed by atoms with Gasteiger partial charge in [-0.05, 0) is 64.8 Å². The lowest BCUT2D eigenvalue weighted by atomic mass is 9.96. The Bertz CT molecular complexity index is 388. The van der Waals surface area contributed by atoms with Crippen molar-refractivity contribution in [2.45, 2.75) is 26.2 Å². The van der Waals surface area contributed by atoms with Gasteiger partial charge in [0, 0.05) is 6.54 Å². The van der Waals surface area contributed by atoms with Crippen LogP contribution in [-0.4, -0.2) is 20.2 Å². The number of rotatable bonds is 6. The van der Waals surface area contributed by atoms with Crippen LogP contribution >= 0.6 is 15.9 Å². The molecule has 1 aromatic carbocycles. The maximum atomic E-state index is 5.25. The van der Waals surface area contributed by atoms with E-state index in [1.165, 1.54) is 24.8 Å². The van der Waals surface area contributed by atoms with Crippen molar-refractivity contribution in [3.05, 3.63) is 28.2 Å². The van der Waals surface area contributed by atoms with E-state index in [2.05, 4.69) is 40.3 Å². The molecule has 2 rings (SSSR count). The van der Waals surface area contributed by atoms with Gasteiger partial charge in [0.2, 0.25) is 0 Å². The number of hydrogen-bond donors (Lipinski definition) is 1. The molecule has 1 aromatic rings. The molecule has 0 aromatic heterocycles. The fourth-order valence-electron chi connectivity index (χ4n) is 2.24. The molecule has 0 aliphatic heterocycles. The van der Waals surface area contributed by atoms with Gasteiger partial charge in [-0.1, -0.05) is 13.0 Å². The molecule has 1 aliphatic rings. The molecule has 1 N–H and O–H groups in total. The van der Waals surface area contributed by atoms with Gasteiger partial charge >= 0.3 is 0 Å². The van der Waals surface area contributed by atoms with Crippen LogP contribution in [0.4, 0.5) is 0 Å². The third kappa shape index (κ3) is 3.23. The maximum absolute atomic E-state index is 5.25. The molecule has 0 atom stereocenters. The van der Waals surface area contributed by atoms with Crippen molar-refractivity contribution in [2.24, 2.45) is 5.41 Å². The standard InChI is InChI=1S/C14H20BrNO/c1-3-16-10-14(6-7-14)9-11-4-5-13(17-2)12(15)8-11/h4-5,8,16H,3,6-7,9-10H2,1-2H3. The van der Waals surface area contributed by atoms with Crippen LogP contribution in [0.5, 0.6) is 5.75 Å². The summed E-state index contributed by atoms with van der Waals surface area (Å²) in [6, 6.07) is 6.41. The summed E-state index contributed by atoms with van der Waals surface area (Å²) in [5, 5.41) is 3.47. The number of benzene rings is 1. The van der Waals surface area contributed by atoms with Gasteiger partial charge in [0.05, 0.1) is 11.6 Å². The lowest BCUT2D eigenvalue weighted by molar-refractivity contribution is 0.411. The van der Waals surface area contributed by atoms with Crippen LogP contribution in [0.25, 0.3) is 0 Å². The van der Waals surface area contributed by atoms with E-state index in [1.807, 2.05) is 6.07 Å². The number of hydrogen-bond acceptors (Lipinski definition) is 2. The minimum atomic E-state index is 0.518. The first-order valence-corrected chi connectivity index (χ1v) is 7.01. The van der Waals surface area contributed by atoms with Crippen molar-refractivity contribution in [3.63, 3.8) is 0 Å². The fraction of sp³-hybridized carbons (Fsp3) is 0.571. The highest BCUT2D eigenvalue weighted by Crippen LogP contribution is 2.48. The second kappa shape index (κ2) is 5.40. The number of halogens is 1. The average molecular weight is 298 g/mol. The van der Waals surface area contributed by atoms with Crippen LogP contribution in [-0.2, 0) is 6.42 Å². The zero-order valence-electron chi connectivity index (χ0n) is 10.6. The van der Waals surface area contributed by atoms with Crippen LogP contribution < -0.4 is 10.1 Å². The third-order valence-electron chi connectivity index (χ3n) is 3.50. The second-order valence-electron chi connectivity index (χ2n) is 4.93. The minimum absolute atomic E-state index is 0.518. The van der Waals surface area contributed by atoms with Crippen molar-refractivity contribution in [1.29, 1.82) is 0 Å². The quantitative estimate of drug-likeness (QED) is 0.869. The van der Waals surface area contributed by atoms with Crippen LogP contribution in [0.1, 0.15) is 25.3 Å². The van der Waals surface area contributed by atoms with E-state index in [1.54, 1.807) is 7.11 Å². The Labute approximate surface area is 112 Å². The van der Waals surface area contributed by atoms with Crippen molar-refractivity contribution in [1.82, 2.24) is 5.32 Å². The van der Waals surface area contributed by atoms with Crippen LogP contribution in [0.2, 0.25) is 0 Å². The molecule has 1 saturated carbocycles. The van der Waals surface area contributed by atoms with Crippen LogP contribution in [0.3, 0.4) is 0 Å². The summed E-state index contributed by atoms with van der Waals surface area (Å²) in [5.41, 5.74) is 1.91. The topological polar surface area (TPSA) is 21.3 Å². The van der Waals surface area contributed by atoms with E-state index in [9.17, 15) is 0 Å². The zero-order valence-corrected chi connectivity index (χ0v) is 12.1. The molecule has 1 aliphatic carbocycles. The largest absolute Gasteiger partial charge is 0.496 e. The molecule has 1 fully saturated rings. The minimum Gasteiger partial charge on any atom is -0.496 e. The predicted molar refractivity (Wildman–Crippen MR) is 74.6 cm³/mol. The Morgan fingerprint density at radius 3 is 2.71 bits per heavy atom. The highest BCUT2D eigenvalue weighted by atomic mass is 79.9.